The minimum absolute atomic E-state index is 0.00180. The predicted molar refractivity (Wildman–Crippen MR) is 78.5 cm³/mol. The molecule has 0 unspecified atom stereocenters. The number of nitriles is 1. The average molecular weight is 302 g/mol. The lowest BCUT2D eigenvalue weighted by molar-refractivity contribution is 0.467. The molecule has 2 N–H and O–H groups in total. The smallest absolute Gasteiger partial charge is 0.245 e. The van der Waals surface area contributed by atoms with Crippen molar-refractivity contribution < 1.29 is 8.42 Å². The molecular formula is C14H14N4O2S. The molecule has 7 heteroatoms. The lowest BCUT2D eigenvalue weighted by atomic mass is 10.2. The summed E-state index contributed by atoms with van der Waals surface area (Å²) in [6, 6.07) is 9.55. The zero-order valence-electron chi connectivity index (χ0n) is 11.4. The summed E-state index contributed by atoms with van der Waals surface area (Å²) in [5.74, 6) is 0. The Bertz CT molecular complexity index is 782. The van der Waals surface area contributed by atoms with Gasteiger partial charge in [0.2, 0.25) is 10.0 Å². The van der Waals surface area contributed by atoms with Crippen molar-refractivity contribution in [3.05, 3.63) is 53.9 Å². The van der Waals surface area contributed by atoms with Gasteiger partial charge in [-0.2, -0.15) is 9.57 Å². The molecule has 0 fully saturated rings. The van der Waals surface area contributed by atoms with Crippen LogP contribution in [0.3, 0.4) is 0 Å². The summed E-state index contributed by atoms with van der Waals surface area (Å²) < 4.78 is 26.2. The fraction of sp³-hybridized carbons (Fsp3) is 0.143. The van der Waals surface area contributed by atoms with Crippen molar-refractivity contribution in [2.24, 2.45) is 0 Å². The van der Waals surface area contributed by atoms with E-state index in [1.165, 1.54) is 29.6 Å². The lowest BCUT2D eigenvalue weighted by Crippen LogP contribution is -2.27. The highest BCUT2D eigenvalue weighted by Gasteiger charge is 2.23. The van der Waals surface area contributed by atoms with Gasteiger partial charge in [-0.05, 0) is 35.9 Å². The van der Waals surface area contributed by atoms with Gasteiger partial charge in [-0.15, -0.1) is 0 Å². The zero-order valence-corrected chi connectivity index (χ0v) is 12.2. The molecule has 0 bridgehead atoms. The van der Waals surface area contributed by atoms with Gasteiger partial charge in [0.15, 0.2) is 0 Å². The number of hydrogen-bond acceptors (Lipinski definition) is 5. The maximum absolute atomic E-state index is 12.5. The zero-order chi connectivity index (χ0) is 15.5. The summed E-state index contributed by atoms with van der Waals surface area (Å²) in [5, 5.41) is 8.79. The first-order valence-electron chi connectivity index (χ1n) is 6.10. The molecule has 0 aliphatic carbocycles. The molecule has 0 radical (unpaired) electrons. The van der Waals surface area contributed by atoms with Crippen molar-refractivity contribution in [3.8, 4) is 6.07 Å². The van der Waals surface area contributed by atoms with Crippen LogP contribution in [0, 0.1) is 11.3 Å². The minimum atomic E-state index is -3.71. The first kappa shape index (κ1) is 15.0. The van der Waals surface area contributed by atoms with Crippen molar-refractivity contribution in [2.45, 2.75) is 11.4 Å². The number of aromatic nitrogens is 1. The van der Waals surface area contributed by atoms with Crippen LogP contribution >= 0.6 is 0 Å². The molecule has 2 rings (SSSR count). The second-order valence-electron chi connectivity index (χ2n) is 4.48. The Morgan fingerprint density at radius 1 is 1.29 bits per heavy atom. The van der Waals surface area contributed by atoms with Crippen LogP contribution in [0.15, 0.2) is 47.6 Å². The van der Waals surface area contributed by atoms with Crippen LogP contribution in [-0.4, -0.2) is 24.8 Å². The van der Waals surface area contributed by atoms with Gasteiger partial charge in [0, 0.05) is 26.0 Å². The molecule has 0 saturated carbocycles. The minimum Gasteiger partial charge on any atom is -0.398 e. The van der Waals surface area contributed by atoms with Crippen LogP contribution in [-0.2, 0) is 16.6 Å². The van der Waals surface area contributed by atoms with Crippen LogP contribution in [0.1, 0.15) is 11.1 Å². The summed E-state index contributed by atoms with van der Waals surface area (Å²) in [4.78, 5) is 3.89. The topological polar surface area (TPSA) is 100 Å². The van der Waals surface area contributed by atoms with Crippen molar-refractivity contribution in [3.63, 3.8) is 0 Å². The molecule has 0 aliphatic heterocycles. The van der Waals surface area contributed by atoms with Gasteiger partial charge in [0.1, 0.15) is 4.90 Å². The van der Waals surface area contributed by atoms with Crippen molar-refractivity contribution in [1.82, 2.24) is 9.29 Å². The molecule has 108 valence electrons. The number of benzene rings is 1. The third kappa shape index (κ3) is 3.18. The highest BCUT2D eigenvalue weighted by Crippen LogP contribution is 2.23. The fourth-order valence-electron chi connectivity index (χ4n) is 1.85. The van der Waals surface area contributed by atoms with E-state index >= 15 is 0 Å². The van der Waals surface area contributed by atoms with E-state index in [1.54, 1.807) is 24.5 Å². The van der Waals surface area contributed by atoms with E-state index in [2.05, 4.69) is 4.98 Å². The monoisotopic (exact) mass is 302 g/mol. The standard InChI is InChI=1S/C14H14N4O2S/c1-18(10-11-4-6-17-7-5-11)21(19,20)14-3-2-12(9-15)8-13(14)16/h2-8H,10,16H2,1H3. The molecule has 21 heavy (non-hydrogen) atoms. The summed E-state index contributed by atoms with van der Waals surface area (Å²) in [6.07, 6.45) is 3.21. The van der Waals surface area contributed by atoms with Crippen LogP contribution in [0.2, 0.25) is 0 Å². The number of anilines is 1. The van der Waals surface area contributed by atoms with E-state index in [1.807, 2.05) is 6.07 Å². The molecule has 1 aromatic heterocycles. The lowest BCUT2D eigenvalue weighted by Gasteiger charge is -2.18. The quantitative estimate of drug-likeness (QED) is 0.859. The average Bonchev–Trinajstić information content (AvgIpc) is 2.47. The first-order chi connectivity index (χ1) is 9.95. The molecule has 0 spiro atoms. The molecule has 0 amide bonds. The Balaban J connectivity index is 2.32. The van der Waals surface area contributed by atoms with Gasteiger partial charge >= 0.3 is 0 Å². The van der Waals surface area contributed by atoms with E-state index in [4.69, 9.17) is 11.0 Å². The van der Waals surface area contributed by atoms with Crippen molar-refractivity contribution >= 4 is 15.7 Å². The molecule has 1 heterocycles. The first-order valence-corrected chi connectivity index (χ1v) is 7.54. The Kier molecular flexibility index (Phi) is 4.21. The largest absolute Gasteiger partial charge is 0.398 e. The number of pyridine rings is 1. The van der Waals surface area contributed by atoms with E-state index in [-0.39, 0.29) is 17.1 Å². The summed E-state index contributed by atoms with van der Waals surface area (Å²) in [5.41, 5.74) is 6.96. The Morgan fingerprint density at radius 3 is 2.52 bits per heavy atom. The maximum atomic E-state index is 12.5. The second kappa shape index (κ2) is 5.91. The number of nitrogens with two attached hydrogens (primary N) is 1. The fourth-order valence-corrected chi connectivity index (χ4v) is 3.10. The van der Waals surface area contributed by atoms with Gasteiger partial charge in [-0.25, -0.2) is 8.42 Å². The van der Waals surface area contributed by atoms with Crippen molar-refractivity contribution in [2.75, 3.05) is 12.8 Å². The van der Waals surface area contributed by atoms with Crippen LogP contribution in [0.4, 0.5) is 5.69 Å². The van der Waals surface area contributed by atoms with Gasteiger partial charge in [0.05, 0.1) is 17.3 Å². The molecule has 6 nitrogen and oxygen atoms in total. The summed E-state index contributed by atoms with van der Waals surface area (Å²) in [7, 11) is -2.23. The van der Waals surface area contributed by atoms with Crippen LogP contribution < -0.4 is 5.73 Å². The van der Waals surface area contributed by atoms with Gasteiger partial charge in [-0.3, -0.25) is 4.98 Å². The highest BCUT2D eigenvalue weighted by molar-refractivity contribution is 7.89. The van der Waals surface area contributed by atoms with Gasteiger partial charge in [-0.1, -0.05) is 0 Å². The highest BCUT2D eigenvalue weighted by atomic mass is 32.2. The van der Waals surface area contributed by atoms with E-state index in [9.17, 15) is 8.42 Å². The molecule has 2 aromatic rings. The van der Waals surface area contributed by atoms with E-state index in [0.29, 0.717) is 5.56 Å². The Hall–Kier alpha value is -2.43. The predicted octanol–water partition coefficient (Wildman–Crippen LogP) is 1.36. The third-order valence-electron chi connectivity index (χ3n) is 2.98. The number of sulfonamides is 1. The number of rotatable bonds is 4. The molecule has 0 saturated heterocycles. The summed E-state index contributed by atoms with van der Waals surface area (Å²) >= 11 is 0. The molecule has 0 atom stereocenters. The number of hydrogen-bond donors (Lipinski definition) is 1. The molecule has 0 aliphatic rings. The Morgan fingerprint density at radius 2 is 1.95 bits per heavy atom. The SMILES string of the molecule is CN(Cc1ccncc1)S(=O)(=O)c1ccc(C#N)cc1N. The van der Waals surface area contributed by atoms with Crippen LogP contribution in [0.5, 0.6) is 0 Å². The second-order valence-corrected chi connectivity index (χ2v) is 6.49. The maximum Gasteiger partial charge on any atom is 0.245 e. The third-order valence-corrected chi connectivity index (χ3v) is 4.86. The van der Waals surface area contributed by atoms with Gasteiger partial charge < -0.3 is 5.73 Å². The summed E-state index contributed by atoms with van der Waals surface area (Å²) in [6.45, 7) is 0.213. The van der Waals surface area contributed by atoms with E-state index < -0.39 is 10.0 Å². The number of nitrogens with zero attached hydrogens (tertiary/aromatic N) is 3. The van der Waals surface area contributed by atoms with Gasteiger partial charge in [0.25, 0.3) is 0 Å². The number of nitrogen functional groups attached to an aromatic ring is 1. The van der Waals surface area contributed by atoms with Crippen molar-refractivity contribution in [1.29, 1.82) is 5.26 Å². The molecule has 1 aromatic carbocycles. The Labute approximate surface area is 123 Å². The van der Waals surface area contributed by atoms with E-state index in [0.717, 1.165) is 5.56 Å². The molecular weight excluding hydrogens is 288 g/mol. The normalized spacial score (nSPS) is 11.3. The van der Waals surface area contributed by atoms with Crippen LogP contribution in [0.25, 0.3) is 0 Å².